The van der Waals surface area contributed by atoms with Crippen molar-refractivity contribution in [3.05, 3.63) is 64.0 Å². The molecule has 146 valence electrons. The Labute approximate surface area is 161 Å². The number of hydrazine groups is 1. The molecule has 2 aromatic heterocycles. The average Bonchev–Trinajstić information content (AvgIpc) is 3.14. The van der Waals surface area contributed by atoms with Gasteiger partial charge in [-0.05, 0) is 31.5 Å². The van der Waals surface area contributed by atoms with Crippen LogP contribution in [0.5, 0.6) is 0 Å². The molecule has 0 radical (unpaired) electrons. The van der Waals surface area contributed by atoms with Gasteiger partial charge in [-0.2, -0.15) is 5.10 Å². The Bertz CT molecular complexity index is 1070. The summed E-state index contributed by atoms with van der Waals surface area (Å²) in [6.07, 6.45) is 2.76. The maximum Gasteiger partial charge on any atom is 0.305 e. The SMILES string of the molecule is CCCCCn1nc(C(=O)NNC(=O)c2ccc(C)o2)c2ccccc2c1=O. The number of aromatic nitrogens is 2. The molecule has 3 aromatic rings. The molecule has 2 amide bonds. The summed E-state index contributed by atoms with van der Waals surface area (Å²) in [4.78, 5) is 37.4. The van der Waals surface area contributed by atoms with Crippen molar-refractivity contribution in [2.75, 3.05) is 0 Å². The highest BCUT2D eigenvalue weighted by molar-refractivity contribution is 6.05. The van der Waals surface area contributed by atoms with Crippen molar-refractivity contribution in [2.24, 2.45) is 0 Å². The lowest BCUT2D eigenvalue weighted by atomic mass is 10.1. The van der Waals surface area contributed by atoms with Crippen LogP contribution >= 0.6 is 0 Å². The average molecular weight is 382 g/mol. The molecule has 2 heterocycles. The van der Waals surface area contributed by atoms with Gasteiger partial charge in [-0.3, -0.25) is 25.2 Å². The third-order valence-corrected chi connectivity index (χ3v) is 4.31. The minimum atomic E-state index is -0.614. The van der Waals surface area contributed by atoms with Crippen molar-refractivity contribution in [1.29, 1.82) is 0 Å². The molecule has 8 nitrogen and oxygen atoms in total. The van der Waals surface area contributed by atoms with Gasteiger partial charge in [0.25, 0.3) is 11.5 Å². The van der Waals surface area contributed by atoms with Gasteiger partial charge >= 0.3 is 5.91 Å². The van der Waals surface area contributed by atoms with Crippen LogP contribution in [0.15, 0.2) is 45.6 Å². The first-order chi connectivity index (χ1) is 13.5. The van der Waals surface area contributed by atoms with Gasteiger partial charge in [-0.25, -0.2) is 4.68 Å². The maximum atomic E-state index is 12.7. The van der Waals surface area contributed by atoms with Gasteiger partial charge in [-0.15, -0.1) is 0 Å². The number of carbonyl (C=O) groups excluding carboxylic acids is 2. The standard InChI is InChI=1S/C20H22N4O4/c1-3-4-7-12-24-20(27)15-9-6-5-8-14(15)17(23-24)19(26)22-21-18(25)16-11-10-13(2)28-16/h5-6,8-11H,3-4,7,12H2,1-2H3,(H,21,25)(H,22,26). The molecule has 0 bridgehead atoms. The molecule has 0 aliphatic rings. The molecule has 3 rings (SSSR count). The van der Waals surface area contributed by atoms with E-state index in [0.717, 1.165) is 19.3 Å². The number of aryl methyl sites for hydroxylation is 2. The van der Waals surface area contributed by atoms with Gasteiger partial charge in [0.2, 0.25) is 0 Å². The Hall–Kier alpha value is -3.42. The molecular formula is C20H22N4O4. The predicted molar refractivity (Wildman–Crippen MR) is 104 cm³/mol. The lowest BCUT2D eigenvalue weighted by Crippen LogP contribution is -2.42. The summed E-state index contributed by atoms with van der Waals surface area (Å²) in [5.41, 5.74) is 4.47. The number of hydrogen-bond acceptors (Lipinski definition) is 5. The van der Waals surface area contributed by atoms with Crippen LogP contribution in [-0.4, -0.2) is 21.6 Å². The van der Waals surface area contributed by atoms with E-state index in [9.17, 15) is 14.4 Å². The topological polar surface area (TPSA) is 106 Å². The van der Waals surface area contributed by atoms with E-state index in [1.165, 1.54) is 10.7 Å². The van der Waals surface area contributed by atoms with E-state index >= 15 is 0 Å². The fraction of sp³-hybridized carbons (Fsp3) is 0.300. The van der Waals surface area contributed by atoms with E-state index < -0.39 is 11.8 Å². The zero-order valence-corrected chi connectivity index (χ0v) is 15.8. The van der Waals surface area contributed by atoms with E-state index in [1.807, 2.05) is 0 Å². The van der Waals surface area contributed by atoms with Gasteiger partial charge in [0, 0.05) is 11.9 Å². The monoisotopic (exact) mass is 382 g/mol. The summed E-state index contributed by atoms with van der Waals surface area (Å²) >= 11 is 0. The van der Waals surface area contributed by atoms with E-state index in [4.69, 9.17) is 4.42 Å². The number of amides is 2. The fourth-order valence-corrected chi connectivity index (χ4v) is 2.86. The largest absolute Gasteiger partial charge is 0.456 e. The summed E-state index contributed by atoms with van der Waals surface area (Å²) in [6.45, 7) is 4.21. The Morgan fingerprint density at radius 2 is 1.75 bits per heavy atom. The van der Waals surface area contributed by atoms with E-state index in [-0.39, 0.29) is 17.0 Å². The van der Waals surface area contributed by atoms with Crippen molar-refractivity contribution in [3.63, 3.8) is 0 Å². The van der Waals surface area contributed by atoms with E-state index in [1.54, 1.807) is 37.3 Å². The zero-order valence-electron chi connectivity index (χ0n) is 15.8. The molecule has 0 saturated carbocycles. The first-order valence-corrected chi connectivity index (χ1v) is 9.18. The summed E-state index contributed by atoms with van der Waals surface area (Å²) in [5.74, 6) is -0.525. The van der Waals surface area contributed by atoms with Crippen LogP contribution in [0, 0.1) is 6.92 Å². The van der Waals surface area contributed by atoms with Crippen LogP contribution in [0.1, 0.15) is 53.0 Å². The number of nitrogens with zero attached hydrogens (tertiary/aromatic N) is 2. The number of rotatable bonds is 6. The van der Waals surface area contributed by atoms with Crippen LogP contribution in [0.4, 0.5) is 0 Å². The number of benzene rings is 1. The quantitative estimate of drug-likeness (QED) is 0.503. The summed E-state index contributed by atoms with van der Waals surface area (Å²) in [5, 5.41) is 5.08. The van der Waals surface area contributed by atoms with Gasteiger partial charge in [0.05, 0.1) is 5.39 Å². The van der Waals surface area contributed by atoms with Crippen LogP contribution < -0.4 is 16.4 Å². The first-order valence-electron chi connectivity index (χ1n) is 9.18. The minimum Gasteiger partial charge on any atom is -0.456 e. The predicted octanol–water partition coefficient (Wildman–Crippen LogP) is 2.56. The Kier molecular flexibility index (Phi) is 5.88. The van der Waals surface area contributed by atoms with Gasteiger partial charge < -0.3 is 4.42 Å². The Balaban J connectivity index is 1.85. The van der Waals surface area contributed by atoms with Gasteiger partial charge in [0.1, 0.15) is 5.76 Å². The van der Waals surface area contributed by atoms with Crippen molar-refractivity contribution in [2.45, 2.75) is 39.7 Å². The Morgan fingerprint density at radius 1 is 1.04 bits per heavy atom. The molecule has 0 fully saturated rings. The third-order valence-electron chi connectivity index (χ3n) is 4.31. The van der Waals surface area contributed by atoms with Crippen LogP contribution in [-0.2, 0) is 6.54 Å². The molecular weight excluding hydrogens is 360 g/mol. The molecule has 0 saturated heterocycles. The van der Waals surface area contributed by atoms with E-state index in [0.29, 0.717) is 23.1 Å². The number of hydrogen-bond donors (Lipinski definition) is 2. The van der Waals surface area contributed by atoms with E-state index in [2.05, 4.69) is 22.9 Å². The lowest BCUT2D eigenvalue weighted by Gasteiger charge is -2.11. The van der Waals surface area contributed by atoms with Crippen molar-refractivity contribution < 1.29 is 14.0 Å². The molecule has 28 heavy (non-hydrogen) atoms. The smallest absolute Gasteiger partial charge is 0.305 e. The summed E-state index contributed by atoms with van der Waals surface area (Å²) in [6, 6.07) is 9.95. The van der Waals surface area contributed by atoms with Crippen LogP contribution in [0.25, 0.3) is 10.8 Å². The van der Waals surface area contributed by atoms with Crippen molar-refractivity contribution in [1.82, 2.24) is 20.6 Å². The summed E-state index contributed by atoms with van der Waals surface area (Å²) < 4.78 is 6.53. The number of fused-ring (bicyclic) bond motifs is 1. The normalized spacial score (nSPS) is 10.8. The molecule has 2 N–H and O–H groups in total. The zero-order chi connectivity index (χ0) is 20.1. The molecule has 1 aromatic carbocycles. The number of carbonyl (C=O) groups is 2. The molecule has 0 unspecified atom stereocenters. The maximum absolute atomic E-state index is 12.7. The second-order valence-corrected chi connectivity index (χ2v) is 6.45. The number of furan rings is 1. The second kappa shape index (κ2) is 8.51. The molecule has 0 spiro atoms. The van der Waals surface area contributed by atoms with Crippen LogP contribution in [0.3, 0.4) is 0 Å². The minimum absolute atomic E-state index is 0.0719. The highest BCUT2D eigenvalue weighted by Crippen LogP contribution is 2.13. The third kappa shape index (κ3) is 4.11. The molecule has 0 aliphatic heterocycles. The van der Waals surface area contributed by atoms with Crippen molar-refractivity contribution >= 4 is 22.6 Å². The molecule has 0 atom stereocenters. The number of unbranched alkanes of at least 4 members (excludes halogenated alkanes) is 2. The Morgan fingerprint density at radius 3 is 2.43 bits per heavy atom. The van der Waals surface area contributed by atoms with Gasteiger partial charge in [0.15, 0.2) is 11.5 Å². The van der Waals surface area contributed by atoms with Crippen molar-refractivity contribution in [3.8, 4) is 0 Å². The summed E-state index contributed by atoms with van der Waals surface area (Å²) in [7, 11) is 0. The lowest BCUT2D eigenvalue weighted by molar-refractivity contribution is 0.0827. The second-order valence-electron chi connectivity index (χ2n) is 6.45. The highest BCUT2D eigenvalue weighted by Gasteiger charge is 2.18. The van der Waals surface area contributed by atoms with Crippen LogP contribution in [0.2, 0.25) is 0 Å². The molecule has 8 heteroatoms. The fourth-order valence-electron chi connectivity index (χ4n) is 2.86. The molecule has 0 aliphatic carbocycles. The van der Waals surface area contributed by atoms with Gasteiger partial charge in [-0.1, -0.05) is 38.0 Å². The highest BCUT2D eigenvalue weighted by atomic mass is 16.3. The first kappa shape index (κ1) is 19.3. The number of nitrogens with one attached hydrogen (secondary N) is 2.